The molecule has 0 amide bonds. The van der Waals surface area contributed by atoms with Crippen LogP contribution in [0.5, 0.6) is 5.88 Å². The molecule has 19 heavy (non-hydrogen) atoms. The Morgan fingerprint density at radius 2 is 2.11 bits per heavy atom. The van der Waals surface area contributed by atoms with Crippen molar-refractivity contribution < 1.29 is 4.74 Å². The van der Waals surface area contributed by atoms with Crippen molar-refractivity contribution in [1.82, 2.24) is 15.0 Å². The molecule has 0 bridgehead atoms. The second kappa shape index (κ2) is 4.91. The molecule has 3 aromatic rings. The van der Waals surface area contributed by atoms with Gasteiger partial charge in [0, 0.05) is 18.6 Å². The van der Waals surface area contributed by atoms with Crippen molar-refractivity contribution in [2.45, 2.75) is 6.04 Å². The molecule has 0 aliphatic carbocycles. The van der Waals surface area contributed by atoms with Crippen LogP contribution in [-0.2, 0) is 0 Å². The highest BCUT2D eigenvalue weighted by Crippen LogP contribution is 2.27. The normalized spacial score (nSPS) is 12.5. The fourth-order valence-electron chi connectivity index (χ4n) is 1.90. The van der Waals surface area contributed by atoms with Crippen LogP contribution in [0.1, 0.15) is 17.3 Å². The summed E-state index contributed by atoms with van der Waals surface area (Å²) in [5.74, 6) is 0.446. The van der Waals surface area contributed by atoms with E-state index in [0.29, 0.717) is 11.6 Å². The SMILES string of the molecule is COc1nccnc1C(N)c1cnc2ccsc2c1. The maximum absolute atomic E-state index is 6.23. The fourth-order valence-corrected chi connectivity index (χ4v) is 2.69. The summed E-state index contributed by atoms with van der Waals surface area (Å²) >= 11 is 1.64. The number of ether oxygens (including phenoxy) is 1. The number of aromatic nitrogens is 3. The minimum Gasteiger partial charge on any atom is -0.480 e. The molecule has 5 nitrogen and oxygen atoms in total. The molecule has 2 N–H and O–H groups in total. The van der Waals surface area contributed by atoms with E-state index >= 15 is 0 Å². The molecule has 1 atom stereocenters. The monoisotopic (exact) mass is 272 g/mol. The second-order valence-corrected chi connectivity index (χ2v) is 4.95. The van der Waals surface area contributed by atoms with Gasteiger partial charge in [0.25, 0.3) is 0 Å². The number of pyridine rings is 1. The zero-order chi connectivity index (χ0) is 13.2. The zero-order valence-electron chi connectivity index (χ0n) is 10.3. The van der Waals surface area contributed by atoms with Gasteiger partial charge >= 0.3 is 0 Å². The number of methoxy groups -OCH3 is 1. The summed E-state index contributed by atoms with van der Waals surface area (Å²) in [6.45, 7) is 0. The Morgan fingerprint density at radius 3 is 2.95 bits per heavy atom. The molecule has 0 saturated heterocycles. The number of thiophene rings is 1. The molecule has 3 heterocycles. The third-order valence-corrected chi connectivity index (χ3v) is 3.72. The van der Waals surface area contributed by atoms with Crippen LogP contribution < -0.4 is 10.5 Å². The summed E-state index contributed by atoms with van der Waals surface area (Å²) in [4.78, 5) is 12.8. The van der Waals surface area contributed by atoms with Crippen LogP contribution in [0.2, 0.25) is 0 Å². The van der Waals surface area contributed by atoms with Crippen LogP contribution in [0, 0.1) is 0 Å². The first-order valence-corrected chi connectivity index (χ1v) is 6.61. The maximum atomic E-state index is 6.23. The number of hydrogen-bond acceptors (Lipinski definition) is 6. The van der Waals surface area contributed by atoms with E-state index < -0.39 is 6.04 Å². The molecule has 6 heteroatoms. The highest BCUT2D eigenvalue weighted by atomic mass is 32.1. The van der Waals surface area contributed by atoms with Crippen LogP contribution in [0.15, 0.2) is 36.1 Å². The van der Waals surface area contributed by atoms with Gasteiger partial charge in [-0.3, -0.25) is 9.97 Å². The molecule has 1 unspecified atom stereocenters. The number of nitrogens with zero attached hydrogens (tertiary/aromatic N) is 3. The molecule has 0 fully saturated rings. The number of rotatable bonds is 3. The predicted molar refractivity (Wildman–Crippen MR) is 74.2 cm³/mol. The Hall–Kier alpha value is -2.05. The van der Waals surface area contributed by atoms with Crippen LogP contribution in [-0.4, -0.2) is 22.1 Å². The molecule has 3 rings (SSSR count). The summed E-state index contributed by atoms with van der Waals surface area (Å²) in [5, 5.41) is 2.01. The van der Waals surface area contributed by atoms with Gasteiger partial charge in [-0.1, -0.05) is 0 Å². The average Bonchev–Trinajstić information content (AvgIpc) is 2.93. The Bertz CT molecular complexity index is 712. The predicted octanol–water partition coefficient (Wildman–Crippen LogP) is 2.14. The van der Waals surface area contributed by atoms with Crippen LogP contribution in [0.4, 0.5) is 0 Å². The van der Waals surface area contributed by atoms with E-state index in [-0.39, 0.29) is 0 Å². The van der Waals surface area contributed by atoms with Gasteiger partial charge in [0.2, 0.25) is 5.88 Å². The number of fused-ring (bicyclic) bond motifs is 1. The van der Waals surface area contributed by atoms with Crippen LogP contribution >= 0.6 is 11.3 Å². The Balaban J connectivity index is 2.04. The summed E-state index contributed by atoms with van der Waals surface area (Å²) in [6, 6.07) is 3.62. The van der Waals surface area contributed by atoms with Gasteiger partial charge in [0.1, 0.15) is 5.69 Å². The molecule has 0 aliphatic rings. The summed E-state index contributed by atoms with van der Waals surface area (Å²) < 4.78 is 6.30. The van der Waals surface area contributed by atoms with Gasteiger partial charge in [-0.25, -0.2) is 4.98 Å². The van der Waals surface area contributed by atoms with Crippen molar-refractivity contribution >= 4 is 21.6 Å². The minimum atomic E-state index is -0.400. The lowest BCUT2D eigenvalue weighted by atomic mass is 10.1. The molecule has 3 aromatic heterocycles. The minimum absolute atomic E-state index is 0.400. The van der Waals surface area contributed by atoms with Crippen molar-refractivity contribution in [1.29, 1.82) is 0 Å². The third kappa shape index (κ3) is 2.16. The lowest BCUT2D eigenvalue weighted by Crippen LogP contribution is -2.15. The Kier molecular flexibility index (Phi) is 3.10. The van der Waals surface area contributed by atoms with Crippen molar-refractivity contribution in [3.63, 3.8) is 0 Å². The molecule has 0 radical (unpaired) electrons. The molecule has 0 aliphatic heterocycles. The smallest absolute Gasteiger partial charge is 0.237 e. The first-order valence-electron chi connectivity index (χ1n) is 5.73. The highest BCUT2D eigenvalue weighted by Gasteiger charge is 2.17. The molecule has 96 valence electrons. The standard InChI is InChI=1S/C13H12N4OS/c1-18-13-12(15-3-4-16-13)11(14)8-6-10-9(17-7-8)2-5-19-10/h2-7,11H,14H2,1H3. The van der Waals surface area contributed by atoms with Crippen molar-refractivity contribution in [2.75, 3.05) is 7.11 Å². The Morgan fingerprint density at radius 1 is 1.26 bits per heavy atom. The zero-order valence-corrected chi connectivity index (χ0v) is 11.1. The summed E-state index contributed by atoms with van der Waals surface area (Å²) in [7, 11) is 1.56. The van der Waals surface area contributed by atoms with Gasteiger partial charge in [-0.15, -0.1) is 11.3 Å². The average molecular weight is 272 g/mol. The van der Waals surface area contributed by atoms with E-state index in [1.807, 2.05) is 17.5 Å². The Labute approximate surface area is 114 Å². The molecule has 0 saturated carbocycles. The van der Waals surface area contributed by atoms with E-state index in [9.17, 15) is 0 Å². The molecule has 0 spiro atoms. The van der Waals surface area contributed by atoms with E-state index in [4.69, 9.17) is 10.5 Å². The van der Waals surface area contributed by atoms with Crippen LogP contribution in [0.25, 0.3) is 10.2 Å². The van der Waals surface area contributed by atoms with Gasteiger partial charge in [0.05, 0.1) is 23.4 Å². The third-order valence-electron chi connectivity index (χ3n) is 2.86. The van der Waals surface area contributed by atoms with E-state index in [1.165, 1.54) is 0 Å². The summed E-state index contributed by atoms with van der Waals surface area (Å²) in [6.07, 6.45) is 4.96. The van der Waals surface area contributed by atoms with Crippen LogP contribution in [0.3, 0.4) is 0 Å². The maximum Gasteiger partial charge on any atom is 0.237 e. The van der Waals surface area contributed by atoms with Gasteiger partial charge in [0.15, 0.2) is 0 Å². The lowest BCUT2D eigenvalue weighted by Gasteiger charge is -2.13. The van der Waals surface area contributed by atoms with E-state index in [0.717, 1.165) is 15.8 Å². The van der Waals surface area contributed by atoms with E-state index in [1.54, 1.807) is 37.0 Å². The summed E-state index contributed by atoms with van der Waals surface area (Å²) in [5.41, 5.74) is 8.72. The van der Waals surface area contributed by atoms with Gasteiger partial charge < -0.3 is 10.5 Å². The number of nitrogens with two attached hydrogens (primary N) is 1. The van der Waals surface area contributed by atoms with Gasteiger partial charge in [-0.05, 0) is 23.1 Å². The lowest BCUT2D eigenvalue weighted by molar-refractivity contribution is 0.387. The van der Waals surface area contributed by atoms with Crippen molar-refractivity contribution in [3.8, 4) is 5.88 Å². The fraction of sp³-hybridized carbons (Fsp3) is 0.154. The van der Waals surface area contributed by atoms with Crippen molar-refractivity contribution in [2.24, 2.45) is 5.73 Å². The topological polar surface area (TPSA) is 73.9 Å². The molecule has 0 aromatic carbocycles. The van der Waals surface area contributed by atoms with Gasteiger partial charge in [-0.2, -0.15) is 0 Å². The second-order valence-electron chi connectivity index (χ2n) is 4.00. The van der Waals surface area contributed by atoms with Crippen molar-refractivity contribution in [3.05, 3.63) is 47.4 Å². The number of hydrogen-bond donors (Lipinski definition) is 1. The van der Waals surface area contributed by atoms with E-state index in [2.05, 4.69) is 15.0 Å². The first-order chi connectivity index (χ1) is 9.29. The molecular formula is C13H12N4OS. The first kappa shape index (κ1) is 12.0. The molecular weight excluding hydrogens is 260 g/mol. The quantitative estimate of drug-likeness (QED) is 0.790. The highest BCUT2D eigenvalue weighted by molar-refractivity contribution is 7.17. The largest absolute Gasteiger partial charge is 0.480 e.